The summed E-state index contributed by atoms with van der Waals surface area (Å²) < 4.78 is 5.64. The molecule has 0 amide bonds. The molecular formula is C14H12Cl3NO. The van der Waals surface area contributed by atoms with E-state index in [0.717, 1.165) is 11.1 Å². The average Bonchev–Trinajstić information content (AvgIpc) is 2.41. The fraction of sp³-hybridized carbons (Fsp3) is 0.143. The van der Waals surface area contributed by atoms with Crippen LogP contribution in [0.25, 0.3) is 0 Å². The van der Waals surface area contributed by atoms with Gasteiger partial charge in [-0.25, -0.2) is 0 Å². The van der Waals surface area contributed by atoms with Gasteiger partial charge in [0.05, 0.1) is 15.1 Å². The van der Waals surface area contributed by atoms with Gasteiger partial charge in [0.25, 0.3) is 0 Å². The molecule has 5 heteroatoms. The molecule has 0 bridgehead atoms. The Morgan fingerprint density at radius 3 is 2.16 bits per heavy atom. The van der Waals surface area contributed by atoms with Crippen molar-refractivity contribution in [3.8, 4) is 5.75 Å². The fourth-order valence-electron chi connectivity index (χ4n) is 1.58. The minimum Gasteiger partial charge on any atom is -0.487 e. The molecule has 0 aliphatic carbocycles. The molecule has 0 saturated carbocycles. The Hall–Kier alpha value is -0.930. The normalized spacial score (nSPS) is 10.5. The van der Waals surface area contributed by atoms with Crippen LogP contribution in [0.2, 0.25) is 15.1 Å². The Bertz CT molecular complexity index is 587. The van der Waals surface area contributed by atoms with Crippen LogP contribution in [0.15, 0.2) is 36.4 Å². The lowest BCUT2D eigenvalue weighted by atomic mass is 10.2. The zero-order chi connectivity index (χ0) is 13.8. The molecule has 0 heterocycles. The predicted octanol–water partition coefficient (Wildman–Crippen LogP) is 4.68. The van der Waals surface area contributed by atoms with Crippen molar-refractivity contribution in [1.82, 2.24) is 0 Å². The number of nitrogens with two attached hydrogens (primary N) is 1. The van der Waals surface area contributed by atoms with Crippen LogP contribution >= 0.6 is 34.8 Å². The molecule has 19 heavy (non-hydrogen) atoms. The smallest absolute Gasteiger partial charge is 0.138 e. The molecule has 2 rings (SSSR count). The summed E-state index contributed by atoms with van der Waals surface area (Å²) in [7, 11) is 0. The first-order valence-electron chi connectivity index (χ1n) is 5.65. The van der Waals surface area contributed by atoms with Gasteiger partial charge in [0.1, 0.15) is 12.4 Å². The molecule has 0 atom stereocenters. The first-order valence-corrected chi connectivity index (χ1v) is 6.79. The second-order valence-corrected chi connectivity index (χ2v) is 5.23. The summed E-state index contributed by atoms with van der Waals surface area (Å²) in [5.74, 6) is 0.616. The van der Waals surface area contributed by atoms with Gasteiger partial charge in [-0.05, 0) is 35.4 Å². The summed E-state index contributed by atoms with van der Waals surface area (Å²) in [6.07, 6.45) is 0. The first kappa shape index (κ1) is 14.5. The summed E-state index contributed by atoms with van der Waals surface area (Å²) in [6.45, 7) is 0.825. The fourth-order valence-corrected chi connectivity index (χ4v) is 2.16. The van der Waals surface area contributed by atoms with Crippen molar-refractivity contribution in [2.24, 2.45) is 5.73 Å². The van der Waals surface area contributed by atoms with E-state index in [0.29, 0.717) is 34.0 Å². The summed E-state index contributed by atoms with van der Waals surface area (Å²) in [6, 6.07) is 10.9. The zero-order valence-corrected chi connectivity index (χ0v) is 12.3. The van der Waals surface area contributed by atoms with Crippen molar-refractivity contribution in [3.63, 3.8) is 0 Å². The summed E-state index contributed by atoms with van der Waals surface area (Å²) in [5, 5.41) is 1.58. The molecule has 0 radical (unpaired) electrons. The lowest BCUT2D eigenvalue weighted by molar-refractivity contribution is 0.306. The van der Waals surface area contributed by atoms with E-state index in [1.807, 2.05) is 18.2 Å². The molecular weight excluding hydrogens is 305 g/mol. The van der Waals surface area contributed by atoms with Crippen LogP contribution in [0.4, 0.5) is 0 Å². The van der Waals surface area contributed by atoms with Crippen molar-refractivity contribution < 1.29 is 4.74 Å². The molecule has 2 aromatic carbocycles. The minimum absolute atomic E-state index is 0.374. The third-order valence-electron chi connectivity index (χ3n) is 2.61. The monoisotopic (exact) mass is 315 g/mol. The standard InChI is InChI=1S/C14H12Cl3NO/c15-11-3-1-10(6-12(11)16)8-19-14-4-2-9(7-18)5-13(14)17/h1-6H,7-8,18H2. The molecule has 2 aromatic rings. The van der Waals surface area contributed by atoms with E-state index in [2.05, 4.69) is 0 Å². The molecule has 0 fully saturated rings. The summed E-state index contributed by atoms with van der Waals surface area (Å²) in [5.41, 5.74) is 7.43. The highest BCUT2D eigenvalue weighted by Gasteiger charge is 2.04. The lowest BCUT2D eigenvalue weighted by Crippen LogP contribution is -1.99. The number of rotatable bonds is 4. The van der Waals surface area contributed by atoms with E-state index in [1.54, 1.807) is 18.2 Å². The van der Waals surface area contributed by atoms with E-state index < -0.39 is 0 Å². The second kappa shape index (κ2) is 6.49. The van der Waals surface area contributed by atoms with Gasteiger partial charge in [0.15, 0.2) is 0 Å². The lowest BCUT2D eigenvalue weighted by Gasteiger charge is -2.09. The van der Waals surface area contributed by atoms with Crippen molar-refractivity contribution >= 4 is 34.8 Å². The predicted molar refractivity (Wildman–Crippen MR) is 80.1 cm³/mol. The van der Waals surface area contributed by atoms with Crippen LogP contribution in [0.3, 0.4) is 0 Å². The van der Waals surface area contributed by atoms with E-state index in [-0.39, 0.29) is 0 Å². The van der Waals surface area contributed by atoms with Gasteiger partial charge in [-0.2, -0.15) is 0 Å². The van der Waals surface area contributed by atoms with E-state index >= 15 is 0 Å². The number of ether oxygens (including phenoxy) is 1. The van der Waals surface area contributed by atoms with Crippen molar-refractivity contribution in [2.75, 3.05) is 0 Å². The molecule has 0 aliphatic rings. The Labute approximate surface area is 127 Å². The molecule has 0 aromatic heterocycles. The van der Waals surface area contributed by atoms with Gasteiger partial charge in [-0.3, -0.25) is 0 Å². The van der Waals surface area contributed by atoms with E-state index in [1.165, 1.54) is 0 Å². The van der Waals surface area contributed by atoms with Gasteiger partial charge in [-0.1, -0.05) is 46.9 Å². The molecule has 2 nitrogen and oxygen atoms in total. The number of halogens is 3. The topological polar surface area (TPSA) is 35.2 Å². The highest BCUT2D eigenvalue weighted by atomic mass is 35.5. The van der Waals surface area contributed by atoms with Gasteiger partial charge >= 0.3 is 0 Å². The molecule has 2 N–H and O–H groups in total. The second-order valence-electron chi connectivity index (χ2n) is 4.01. The molecule has 0 aliphatic heterocycles. The summed E-state index contributed by atoms with van der Waals surface area (Å²) in [4.78, 5) is 0. The van der Waals surface area contributed by atoms with Gasteiger partial charge in [-0.15, -0.1) is 0 Å². The Balaban J connectivity index is 2.07. The van der Waals surface area contributed by atoms with Crippen molar-refractivity contribution in [2.45, 2.75) is 13.2 Å². The van der Waals surface area contributed by atoms with Crippen molar-refractivity contribution in [1.29, 1.82) is 0 Å². The van der Waals surface area contributed by atoms with Crippen LogP contribution in [0.5, 0.6) is 5.75 Å². The van der Waals surface area contributed by atoms with Crippen LogP contribution in [0.1, 0.15) is 11.1 Å². The maximum Gasteiger partial charge on any atom is 0.138 e. The maximum absolute atomic E-state index is 6.10. The van der Waals surface area contributed by atoms with Crippen LogP contribution in [-0.2, 0) is 13.2 Å². The van der Waals surface area contributed by atoms with E-state index in [4.69, 9.17) is 45.3 Å². The van der Waals surface area contributed by atoms with Gasteiger partial charge in [0.2, 0.25) is 0 Å². The molecule has 100 valence electrons. The summed E-state index contributed by atoms with van der Waals surface area (Å²) >= 11 is 17.9. The van der Waals surface area contributed by atoms with Crippen LogP contribution in [-0.4, -0.2) is 0 Å². The molecule has 0 spiro atoms. The largest absolute Gasteiger partial charge is 0.487 e. The van der Waals surface area contributed by atoms with Crippen LogP contribution < -0.4 is 10.5 Å². The Morgan fingerprint density at radius 1 is 0.842 bits per heavy atom. The quantitative estimate of drug-likeness (QED) is 0.888. The minimum atomic E-state index is 0.374. The number of hydrogen-bond donors (Lipinski definition) is 1. The molecule has 0 saturated heterocycles. The zero-order valence-electron chi connectivity index (χ0n) is 10.00. The number of hydrogen-bond acceptors (Lipinski definition) is 2. The van der Waals surface area contributed by atoms with E-state index in [9.17, 15) is 0 Å². The van der Waals surface area contributed by atoms with Gasteiger partial charge in [0, 0.05) is 6.54 Å². The van der Waals surface area contributed by atoms with Crippen molar-refractivity contribution in [3.05, 3.63) is 62.6 Å². The Morgan fingerprint density at radius 2 is 1.53 bits per heavy atom. The number of benzene rings is 2. The third kappa shape index (κ3) is 3.77. The van der Waals surface area contributed by atoms with Gasteiger partial charge < -0.3 is 10.5 Å². The Kier molecular flexibility index (Phi) is 4.94. The highest BCUT2D eigenvalue weighted by Crippen LogP contribution is 2.27. The van der Waals surface area contributed by atoms with Crippen LogP contribution in [0, 0.1) is 0 Å². The average molecular weight is 317 g/mol. The molecule has 0 unspecified atom stereocenters. The SMILES string of the molecule is NCc1ccc(OCc2ccc(Cl)c(Cl)c2)c(Cl)c1. The third-order valence-corrected chi connectivity index (χ3v) is 3.64. The highest BCUT2D eigenvalue weighted by molar-refractivity contribution is 6.42. The maximum atomic E-state index is 6.10. The first-order chi connectivity index (χ1) is 9.10.